The fourth-order valence-corrected chi connectivity index (χ4v) is 0.571. The van der Waals surface area contributed by atoms with Crippen molar-refractivity contribution in [1.82, 2.24) is 0 Å². The second-order valence-corrected chi connectivity index (χ2v) is 1.78. The van der Waals surface area contributed by atoms with E-state index in [1.165, 1.54) is 0 Å². The van der Waals surface area contributed by atoms with Crippen molar-refractivity contribution in [3.63, 3.8) is 0 Å². The highest BCUT2D eigenvalue weighted by Crippen LogP contribution is 2.16. The molecule has 1 amide bonds. The number of ether oxygens (including phenoxy) is 1. The number of hydrogen-bond acceptors (Lipinski definition) is 3. The Morgan fingerprint density at radius 2 is 2.30 bits per heavy atom. The largest absolute Gasteiger partial charge is 0.430 e. The summed E-state index contributed by atoms with van der Waals surface area (Å²) in [5.41, 5.74) is 4.92. The molecule has 2 N–H and O–H groups in total. The Morgan fingerprint density at radius 3 is 2.50 bits per heavy atom. The van der Waals surface area contributed by atoms with Gasteiger partial charge in [0.05, 0.1) is 11.1 Å². The summed E-state index contributed by atoms with van der Waals surface area (Å²) in [6.07, 6.45) is 1.01. The van der Waals surface area contributed by atoms with Crippen molar-refractivity contribution < 1.29 is 14.3 Å². The zero-order chi connectivity index (χ0) is 7.72. The van der Waals surface area contributed by atoms with Crippen LogP contribution >= 0.6 is 0 Å². The normalized spacial score (nSPS) is 16.6. The van der Waals surface area contributed by atoms with Crippen molar-refractivity contribution in [2.45, 2.75) is 0 Å². The molecule has 1 rings (SSSR count). The molecular weight excluding hydrogens is 134 g/mol. The standard InChI is InChI=1S/C6H5NO3/c1-3-4(5(7)8)2-10-6(3)9/h2H,1H2,(H2,7,8). The van der Waals surface area contributed by atoms with Crippen molar-refractivity contribution in [3.05, 3.63) is 24.0 Å². The van der Waals surface area contributed by atoms with Gasteiger partial charge in [-0.3, -0.25) is 4.79 Å². The van der Waals surface area contributed by atoms with Gasteiger partial charge in [0, 0.05) is 0 Å². The maximum atomic E-state index is 10.5. The van der Waals surface area contributed by atoms with Crippen LogP contribution in [-0.4, -0.2) is 11.9 Å². The molecule has 1 aliphatic heterocycles. The number of primary amides is 1. The minimum absolute atomic E-state index is 0.0208. The van der Waals surface area contributed by atoms with Gasteiger partial charge >= 0.3 is 5.97 Å². The first-order valence-corrected chi connectivity index (χ1v) is 2.53. The Morgan fingerprint density at radius 1 is 1.70 bits per heavy atom. The van der Waals surface area contributed by atoms with Crippen molar-refractivity contribution in [2.75, 3.05) is 0 Å². The average molecular weight is 139 g/mol. The van der Waals surface area contributed by atoms with Gasteiger partial charge < -0.3 is 10.5 Å². The minimum Gasteiger partial charge on any atom is -0.430 e. The lowest BCUT2D eigenvalue weighted by Crippen LogP contribution is -2.14. The smallest absolute Gasteiger partial charge is 0.343 e. The van der Waals surface area contributed by atoms with Crippen molar-refractivity contribution in [2.24, 2.45) is 5.73 Å². The number of rotatable bonds is 1. The van der Waals surface area contributed by atoms with Crippen LogP contribution in [0.2, 0.25) is 0 Å². The van der Waals surface area contributed by atoms with E-state index in [1.807, 2.05) is 0 Å². The van der Waals surface area contributed by atoms with E-state index in [9.17, 15) is 9.59 Å². The van der Waals surface area contributed by atoms with Crippen LogP contribution < -0.4 is 5.73 Å². The van der Waals surface area contributed by atoms with Gasteiger partial charge in [0.1, 0.15) is 6.26 Å². The molecule has 10 heavy (non-hydrogen) atoms. The van der Waals surface area contributed by atoms with Crippen LogP contribution in [0.25, 0.3) is 0 Å². The zero-order valence-corrected chi connectivity index (χ0v) is 5.09. The van der Waals surface area contributed by atoms with Crippen LogP contribution in [-0.2, 0) is 14.3 Å². The van der Waals surface area contributed by atoms with Crippen molar-refractivity contribution in [1.29, 1.82) is 0 Å². The highest BCUT2D eigenvalue weighted by atomic mass is 16.5. The van der Waals surface area contributed by atoms with Crippen LogP contribution in [0.4, 0.5) is 0 Å². The Labute approximate surface area is 57.0 Å². The molecule has 0 bridgehead atoms. The minimum atomic E-state index is -0.698. The van der Waals surface area contributed by atoms with Gasteiger partial charge in [0.2, 0.25) is 0 Å². The molecule has 0 unspecified atom stereocenters. The number of carbonyl (C=O) groups is 2. The molecule has 1 aliphatic rings. The molecule has 0 aromatic heterocycles. The Hall–Kier alpha value is -1.58. The van der Waals surface area contributed by atoms with Gasteiger partial charge in [-0.2, -0.15) is 0 Å². The van der Waals surface area contributed by atoms with Crippen LogP contribution in [0.15, 0.2) is 24.0 Å². The number of carbonyl (C=O) groups excluding carboxylic acids is 2. The lowest BCUT2D eigenvalue weighted by atomic mass is 10.1. The topological polar surface area (TPSA) is 69.4 Å². The van der Waals surface area contributed by atoms with Crippen molar-refractivity contribution >= 4 is 11.9 Å². The third-order valence-electron chi connectivity index (χ3n) is 1.12. The molecule has 4 nitrogen and oxygen atoms in total. The van der Waals surface area contributed by atoms with E-state index in [-0.39, 0.29) is 11.1 Å². The molecule has 0 radical (unpaired) electrons. The third kappa shape index (κ3) is 0.793. The van der Waals surface area contributed by atoms with E-state index < -0.39 is 11.9 Å². The summed E-state index contributed by atoms with van der Waals surface area (Å²) >= 11 is 0. The maximum absolute atomic E-state index is 10.5. The summed E-state index contributed by atoms with van der Waals surface area (Å²) in [5.74, 6) is -1.32. The molecule has 0 saturated carbocycles. The summed E-state index contributed by atoms with van der Waals surface area (Å²) in [4.78, 5) is 20.9. The first kappa shape index (κ1) is 6.54. The fourth-order valence-electron chi connectivity index (χ4n) is 0.571. The van der Waals surface area contributed by atoms with Crippen LogP contribution in [0, 0.1) is 0 Å². The van der Waals surface area contributed by atoms with Gasteiger partial charge in [0.25, 0.3) is 5.91 Å². The summed E-state index contributed by atoms with van der Waals surface area (Å²) in [7, 11) is 0. The first-order chi connectivity index (χ1) is 4.63. The van der Waals surface area contributed by atoms with E-state index >= 15 is 0 Å². The van der Waals surface area contributed by atoms with Gasteiger partial charge in [-0.15, -0.1) is 0 Å². The first-order valence-electron chi connectivity index (χ1n) is 2.53. The lowest BCUT2D eigenvalue weighted by Gasteiger charge is -1.89. The average Bonchev–Trinajstić information content (AvgIpc) is 2.14. The summed E-state index contributed by atoms with van der Waals surface area (Å²) in [5, 5.41) is 0. The van der Waals surface area contributed by atoms with Gasteiger partial charge in [0.15, 0.2) is 0 Å². The Kier molecular flexibility index (Phi) is 1.30. The van der Waals surface area contributed by atoms with Crippen LogP contribution in [0.1, 0.15) is 0 Å². The summed E-state index contributed by atoms with van der Waals surface area (Å²) in [6.45, 7) is 3.29. The highest BCUT2D eigenvalue weighted by molar-refractivity contribution is 6.10. The lowest BCUT2D eigenvalue weighted by molar-refractivity contribution is -0.132. The SMILES string of the molecule is C=C1C(=O)OC=C1C(N)=O. The molecule has 1 heterocycles. The van der Waals surface area contributed by atoms with Crippen molar-refractivity contribution in [3.8, 4) is 0 Å². The Balaban J connectivity index is 2.92. The molecule has 0 aromatic carbocycles. The molecule has 0 spiro atoms. The second kappa shape index (κ2) is 1.98. The van der Waals surface area contributed by atoms with Gasteiger partial charge in [-0.25, -0.2) is 4.79 Å². The summed E-state index contributed by atoms with van der Waals surface area (Å²) in [6, 6.07) is 0. The highest BCUT2D eigenvalue weighted by Gasteiger charge is 2.23. The quantitative estimate of drug-likeness (QED) is 0.392. The van der Waals surface area contributed by atoms with E-state index in [0.717, 1.165) is 6.26 Å². The number of cyclic esters (lactones) is 1. The molecule has 0 fully saturated rings. The van der Waals surface area contributed by atoms with E-state index in [4.69, 9.17) is 5.73 Å². The molecule has 0 aromatic rings. The number of esters is 1. The molecule has 52 valence electrons. The maximum Gasteiger partial charge on any atom is 0.343 e. The second-order valence-electron chi connectivity index (χ2n) is 1.78. The molecule has 4 heteroatoms. The van der Waals surface area contributed by atoms with Gasteiger partial charge in [-0.1, -0.05) is 6.58 Å². The fraction of sp³-hybridized carbons (Fsp3) is 0. The number of hydrogen-bond donors (Lipinski definition) is 1. The monoisotopic (exact) mass is 139 g/mol. The van der Waals surface area contributed by atoms with Gasteiger partial charge in [-0.05, 0) is 0 Å². The third-order valence-corrected chi connectivity index (χ3v) is 1.12. The number of nitrogens with two attached hydrogens (primary N) is 1. The van der Waals surface area contributed by atoms with E-state index in [0.29, 0.717) is 0 Å². The molecule has 0 atom stereocenters. The Bertz CT molecular complexity index is 252. The van der Waals surface area contributed by atoms with Crippen LogP contribution in [0.3, 0.4) is 0 Å². The molecular formula is C6H5NO3. The molecule has 0 aliphatic carbocycles. The summed E-state index contributed by atoms with van der Waals surface area (Å²) < 4.78 is 4.34. The predicted molar refractivity (Wildman–Crippen MR) is 32.5 cm³/mol. The van der Waals surface area contributed by atoms with E-state index in [1.54, 1.807) is 0 Å². The van der Waals surface area contributed by atoms with Crippen LogP contribution in [0.5, 0.6) is 0 Å². The number of amides is 1. The zero-order valence-electron chi connectivity index (χ0n) is 5.09. The predicted octanol–water partition coefficient (Wildman–Crippen LogP) is -0.531. The molecule has 0 saturated heterocycles. The van der Waals surface area contributed by atoms with E-state index in [2.05, 4.69) is 11.3 Å².